The van der Waals surface area contributed by atoms with E-state index in [9.17, 15) is 4.79 Å². The van der Waals surface area contributed by atoms with Gasteiger partial charge in [0.25, 0.3) is 5.91 Å². The van der Waals surface area contributed by atoms with Gasteiger partial charge < -0.3 is 18.9 Å². The number of hydrogen-bond acceptors (Lipinski definition) is 4. The molecule has 0 spiro atoms. The molecule has 154 valence electrons. The van der Waals surface area contributed by atoms with Gasteiger partial charge in [-0.3, -0.25) is 9.48 Å². The summed E-state index contributed by atoms with van der Waals surface area (Å²) in [7, 11) is 7.11. The molecule has 3 aromatic rings. The average molecular weight is 396 g/mol. The van der Waals surface area contributed by atoms with Crippen LogP contribution in [-0.2, 0) is 20.6 Å². The van der Waals surface area contributed by atoms with Crippen molar-refractivity contribution in [3.63, 3.8) is 0 Å². The summed E-state index contributed by atoms with van der Waals surface area (Å²) < 4.78 is 14.8. The summed E-state index contributed by atoms with van der Waals surface area (Å²) in [5.41, 5.74) is 4.80. The Morgan fingerprint density at radius 3 is 2.48 bits per heavy atom. The molecule has 0 radical (unpaired) electrons. The Kier molecular flexibility index (Phi) is 4.76. The number of rotatable bonds is 6. The molecular weight excluding hydrogens is 368 g/mol. The molecule has 7 nitrogen and oxygen atoms in total. The van der Waals surface area contributed by atoms with Crippen LogP contribution in [0, 0.1) is 13.8 Å². The lowest BCUT2D eigenvalue weighted by Crippen LogP contribution is -2.34. The van der Waals surface area contributed by atoms with Crippen molar-refractivity contribution >= 4 is 16.8 Å². The van der Waals surface area contributed by atoms with Crippen LogP contribution in [0.3, 0.4) is 0 Å². The number of aromatic nitrogens is 3. The molecule has 0 saturated heterocycles. The van der Waals surface area contributed by atoms with Crippen molar-refractivity contribution in [2.45, 2.75) is 39.3 Å². The fraction of sp³-hybridized carbons (Fsp3) is 0.455. The molecule has 2 aromatic heterocycles. The van der Waals surface area contributed by atoms with Crippen molar-refractivity contribution in [1.29, 1.82) is 0 Å². The number of aryl methyl sites for hydroxylation is 3. The van der Waals surface area contributed by atoms with Gasteiger partial charge in [-0.2, -0.15) is 5.10 Å². The molecule has 29 heavy (non-hydrogen) atoms. The minimum atomic E-state index is 0.0369. The van der Waals surface area contributed by atoms with Crippen LogP contribution in [0.2, 0.25) is 0 Å². The minimum absolute atomic E-state index is 0.0369. The largest absolute Gasteiger partial charge is 0.493 e. The standard InChI is InChI=1S/C22H28N4O3/c1-13-17(14(2)25(4)23-13)12-26(15-7-8-15)22(27)19-11-16-18(24(19)3)9-10-20(28-5)21(16)29-6/h9-11,15H,7-8,12H2,1-6H3. The van der Waals surface area contributed by atoms with Gasteiger partial charge in [0, 0.05) is 43.3 Å². The molecular formula is C22H28N4O3. The smallest absolute Gasteiger partial charge is 0.271 e. The van der Waals surface area contributed by atoms with E-state index >= 15 is 0 Å². The fourth-order valence-corrected chi connectivity index (χ4v) is 4.06. The lowest BCUT2D eigenvalue weighted by atomic mass is 10.1. The summed E-state index contributed by atoms with van der Waals surface area (Å²) in [6, 6.07) is 6.04. The van der Waals surface area contributed by atoms with E-state index in [0.717, 1.165) is 40.7 Å². The van der Waals surface area contributed by atoms with Gasteiger partial charge in [-0.15, -0.1) is 0 Å². The molecule has 4 rings (SSSR count). The Labute approximate surface area is 170 Å². The molecule has 1 aliphatic carbocycles. The average Bonchev–Trinajstić information content (AvgIpc) is 3.45. The van der Waals surface area contributed by atoms with Crippen LogP contribution in [0.25, 0.3) is 10.9 Å². The van der Waals surface area contributed by atoms with Crippen LogP contribution in [-0.4, -0.2) is 45.4 Å². The second kappa shape index (κ2) is 7.13. The first kappa shape index (κ1) is 19.4. The summed E-state index contributed by atoms with van der Waals surface area (Å²) in [6.07, 6.45) is 2.09. The van der Waals surface area contributed by atoms with Crippen LogP contribution in [0.15, 0.2) is 18.2 Å². The van der Waals surface area contributed by atoms with Crippen molar-refractivity contribution in [3.8, 4) is 11.5 Å². The third kappa shape index (κ3) is 3.14. The highest BCUT2D eigenvalue weighted by Crippen LogP contribution is 2.38. The van der Waals surface area contributed by atoms with E-state index in [4.69, 9.17) is 9.47 Å². The highest BCUT2D eigenvalue weighted by Gasteiger charge is 2.35. The Balaban J connectivity index is 1.75. The number of carbonyl (C=O) groups is 1. The van der Waals surface area contributed by atoms with Crippen LogP contribution in [0.4, 0.5) is 0 Å². The Morgan fingerprint density at radius 2 is 1.93 bits per heavy atom. The number of ether oxygens (including phenoxy) is 2. The van der Waals surface area contributed by atoms with Gasteiger partial charge in [0.05, 0.1) is 25.4 Å². The van der Waals surface area contributed by atoms with Crippen molar-refractivity contribution in [2.75, 3.05) is 14.2 Å². The van der Waals surface area contributed by atoms with Gasteiger partial charge in [-0.25, -0.2) is 0 Å². The van der Waals surface area contributed by atoms with E-state index < -0.39 is 0 Å². The molecule has 0 unspecified atom stereocenters. The summed E-state index contributed by atoms with van der Waals surface area (Å²) in [4.78, 5) is 15.6. The number of hydrogen-bond donors (Lipinski definition) is 0. The van der Waals surface area contributed by atoms with E-state index in [1.54, 1.807) is 14.2 Å². The minimum Gasteiger partial charge on any atom is -0.493 e. The van der Waals surface area contributed by atoms with E-state index in [0.29, 0.717) is 23.7 Å². The van der Waals surface area contributed by atoms with Crippen LogP contribution >= 0.6 is 0 Å². The number of carbonyl (C=O) groups excluding carboxylic acids is 1. The van der Waals surface area contributed by atoms with Crippen LogP contribution in [0.5, 0.6) is 11.5 Å². The van der Waals surface area contributed by atoms with Gasteiger partial charge in [0.1, 0.15) is 5.69 Å². The van der Waals surface area contributed by atoms with E-state index in [2.05, 4.69) is 12.0 Å². The molecule has 0 aliphatic heterocycles. The molecule has 0 bridgehead atoms. The maximum Gasteiger partial charge on any atom is 0.271 e. The van der Waals surface area contributed by atoms with Crippen molar-refractivity contribution in [2.24, 2.45) is 14.1 Å². The lowest BCUT2D eigenvalue weighted by Gasteiger charge is -2.23. The maximum atomic E-state index is 13.6. The first-order chi connectivity index (χ1) is 13.9. The zero-order valence-corrected chi connectivity index (χ0v) is 17.9. The molecule has 1 fully saturated rings. The van der Waals surface area contributed by atoms with Crippen LogP contribution < -0.4 is 9.47 Å². The molecule has 2 heterocycles. The lowest BCUT2D eigenvalue weighted by molar-refractivity contribution is 0.0720. The van der Waals surface area contributed by atoms with Crippen LogP contribution in [0.1, 0.15) is 40.3 Å². The summed E-state index contributed by atoms with van der Waals surface area (Å²) >= 11 is 0. The van der Waals surface area contributed by atoms with Crippen molar-refractivity contribution < 1.29 is 14.3 Å². The topological polar surface area (TPSA) is 61.5 Å². The van der Waals surface area contributed by atoms with Crippen molar-refractivity contribution in [1.82, 2.24) is 19.2 Å². The highest BCUT2D eigenvalue weighted by atomic mass is 16.5. The van der Waals surface area contributed by atoms with Gasteiger partial charge in [0.2, 0.25) is 0 Å². The first-order valence-electron chi connectivity index (χ1n) is 9.87. The third-order valence-electron chi connectivity index (χ3n) is 6.02. The quantitative estimate of drug-likeness (QED) is 0.641. The molecule has 1 saturated carbocycles. The number of fused-ring (bicyclic) bond motifs is 1. The second-order valence-electron chi connectivity index (χ2n) is 7.76. The monoisotopic (exact) mass is 396 g/mol. The zero-order valence-electron chi connectivity index (χ0n) is 17.9. The van der Waals surface area contributed by atoms with Gasteiger partial charge in [0.15, 0.2) is 11.5 Å². The van der Waals surface area contributed by atoms with Gasteiger partial charge >= 0.3 is 0 Å². The molecule has 0 atom stereocenters. The molecule has 7 heteroatoms. The predicted octanol–water partition coefficient (Wildman–Crippen LogP) is 3.35. The Morgan fingerprint density at radius 1 is 1.21 bits per heavy atom. The first-order valence-corrected chi connectivity index (χ1v) is 9.87. The number of nitrogens with zero attached hydrogens (tertiary/aromatic N) is 4. The second-order valence-corrected chi connectivity index (χ2v) is 7.76. The predicted molar refractivity (Wildman–Crippen MR) is 112 cm³/mol. The van der Waals surface area contributed by atoms with Gasteiger partial charge in [-0.05, 0) is 44.9 Å². The Bertz CT molecular complexity index is 1090. The fourth-order valence-electron chi connectivity index (χ4n) is 4.06. The number of methoxy groups -OCH3 is 2. The molecule has 1 amide bonds. The molecule has 1 aromatic carbocycles. The van der Waals surface area contributed by atoms with Gasteiger partial charge in [-0.1, -0.05) is 0 Å². The third-order valence-corrected chi connectivity index (χ3v) is 6.02. The maximum absolute atomic E-state index is 13.6. The summed E-state index contributed by atoms with van der Waals surface area (Å²) in [6.45, 7) is 4.64. The summed E-state index contributed by atoms with van der Waals surface area (Å²) in [5, 5.41) is 5.39. The van der Waals surface area contributed by atoms with Crippen molar-refractivity contribution in [3.05, 3.63) is 40.8 Å². The molecule has 1 aliphatic rings. The highest BCUT2D eigenvalue weighted by molar-refractivity contribution is 6.01. The van der Waals surface area contributed by atoms with E-state index in [1.165, 1.54) is 0 Å². The number of benzene rings is 1. The number of amides is 1. The molecule has 0 N–H and O–H groups in total. The zero-order chi connectivity index (χ0) is 20.9. The SMILES string of the molecule is COc1ccc2c(cc(C(=O)N(Cc3c(C)nn(C)c3C)C3CC3)n2C)c1OC. The Hall–Kier alpha value is -2.96. The normalized spacial score (nSPS) is 13.7. The van der Waals surface area contributed by atoms with E-state index in [1.807, 2.05) is 53.4 Å². The summed E-state index contributed by atoms with van der Waals surface area (Å²) in [5.74, 6) is 1.34. The van der Waals surface area contributed by atoms with E-state index in [-0.39, 0.29) is 11.9 Å².